The Morgan fingerprint density at radius 3 is 2.58 bits per heavy atom. The number of benzene rings is 2. The molecule has 1 heterocycles. The predicted octanol–water partition coefficient (Wildman–Crippen LogP) is 4.20. The second kappa shape index (κ2) is 14.7. The second-order valence-electron chi connectivity index (χ2n) is 7.89. The van der Waals surface area contributed by atoms with E-state index in [9.17, 15) is 10.1 Å². The number of nitrogens with one attached hydrogen (secondary N) is 2. The van der Waals surface area contributed by atoms with Gasteiger partial charge in [-0.2, -0.15) is 0 Å². The van der Waals surface area contributed by atoms with E-state index in [0.717, 1.165) is 63.8 Å². The molecular formula is C24H34IN5O3. The molecule has 1 fully saturated rings. The van der Waals surface area contributed by atoms with E-state index in [2.05, 4.69) is 46.7 Å². The second-order valence-corrected chi connectivity index (χ2v) is 7.89. The van der Waals surface area contributed by atoms with E-state index in [1.807, 2.05) is 6.07 Å². The molecule has 1 unspecified atom stereocenters. The molecule has 0 spiro atoms. The van der Waals surface area contributed by atoms with Gasteiger partial charge >= 0.3 is 0 Å². The number of ether oxygens (including phenoxy) is 1. The third-order valence-corrected chi connectivity index (χ3v) is 5.55. The Balaban J connectivity index is 0.00000385. The monoisotopic (exact) mass is 567 g/mol. The quantitative estimate of drug-likeness (QED) is 0.106. The van der Waals surface area contributed by atoms with Crippen molar-refractivity contribution in [3.8, 4) is 0 Å². The highest BCUT2D eigenvalue weighted by atomic mass is 127. The molecule has 33 heavy (non-hydrogen) atoms. The number of hydrogen-bond donors (Lipinski definition) is 2. The first-order valence-corrected chi connectivity index (χ1v) is 11.3. The van der Waals surface area contributed by atoms with Crippen LogP contribution in [0.2, 0.25) is 0 Å². The molecule has 2 aromatic carbocycles. The van der Waals surface area contributed by atoms with Crippen LogP contribution in [0.5, 0.6) is 0 Å². The molecule has 0 radical (unpaired) electrons. The average molecular weight is 567 g/mol. The molecule has 180 valence electrons. The lowest BCUT2D eigenvalue weighted by Gasteiger charge is -2.23. The molecule has 0 aromatic heterocycles. The largest absolute Gasteiger partial charge is 0.381 e. The molecule has 1 aliphatic heterocycles. The maximum absolute atomic E-state index is 10.8. The van der Waals surface area contributed by atoms with Crippen LogP contribution in [0.1, 0.15) is 25.3 Å². The fraction of sp³-hybridized carbons (Fsp3) is 0.458. The van der Waals surface area contributed by atoms with E-state index in [-0.39, 0.29) is 34.6 Å². The van der Waals surface area contributed by atoms with Gasteiger partial charge in [-0.3, -0.25) is 10.1 Å². The number of guanidine groups is 1. The van der Waals surface area contributed by atoms with Gasteiger partial charge in [0, 0.05) is 56.5 Å². The smallest absolute Gasteiger partial charge is 0.269 e. The number of nitrogens with zero attached hydrogens (tertiary/aromatic N) is 3. The molecule has 1 saturated heterocycles. The van der Waals surface area contributed by atoms with Crippen LogP contribution in [0.25, 0.3) is 0 Å². The van der Waals surface area contributed by atoms with E-state index in [0.29, 0.717) is 12.5 Å². The van der Waals surface area contributed by atoms with Gasteiger partial charge in [0.2, 0.25) is 0 Å². The lowest BCUT2D eigenvalue weighted by atomic mass is 10.1. The lowest BCUT2D eigenvalue weighted by Crippen LogP contribution is -2.41. The summed E-state index contributed by atoms with van der Waals surface area (Å²) in [6, 6.07) is 17.0. The van der Waals surface area contributed by atoms with Crippen molar-refractivity contribution in [3.05, 3.63) is 70.3 Å². The highest BCUT2D eigenvalue weighted by molar-refractivity contribution is 14.0. The third kappa shape index (κ3) is 9.17. The first-order chi connectivity index (χ1) is 15.7. The van der Waals surface area contributed by atoms with Gasteiger partial charge in [0.25, 0.3) is 5.69 Å². The van der Waals surface area contributed by atoms with Gasteiger partial charge in [-0.25, -0.2) is 4.99 Å². The minimum atomic E-state index is -0.389. The number of halogens is 1. The normalized spacial score (nSPS) is 15.5. The summed E-state index contributed by atoms with van der Waals surface area (Å²) >= 11 is 0. The van der Waals surface area contributed by atoms with Crippen molar-refractivity contribution in [2.75, 3.05) is 44.3 Å². The first-order valence-electron chi connectivity index (χ1n) is 11.3. The van der Waals surface area contributed by atoms with Crippen LogP contribution in [0.4, 0.5) is 11.4 Å². The van der Waals surface area contributed by atoms with Crippen LogP contribution < -0.4 is 15.5 Å². The fourth-order valence-electron chi connectivity index (χ4n) is 3.64. The van der Waals surface area contributed by atoms with Crippen LogP contribution >= 0.6 is 24.0 Å². The van der Waals surface area contributed by atoms with Gasteiger partial charge in [0.1, 0.15) is 0 Å². The van der Waals surface area contributed by atoms with E-state index in [4.69, 9.17) is 9.73 Å². The molecule has 0 amide bonds. The van der Waals surface area contributed by atoms with Gasteiger partial charge in [-0.15, -0.1) is 24.0 Å². The molecule has 1 aliphatic rings. The van der Waals surface area contributed by atoms with Crippen molar-refractivity contribution < 1.29 is 9.66 Å². The average Bonchev–Trinajstić information content (AvgIpc) is 3.35. The number of nitro benzene ring substituents is 1. The Morgan fingerprint density at radius 1 is 1.18 bits per heavy atom. The summed E-state index contributed by atoms with van der Waals surface area (Å²) in [6.07, 6.45) is 2.04. The zero-order valence-electron chi connectivity index (χ0n) is 19.1. The van der Waals surface area contributed by atoms with E-state index >= 15 is 0 Å². The maximum atomic E-state index is 10.8. The lowest BCUT2D eigenvalue weighted by molar-refractivity contribution is -0.384. The van der Waals surface area contributed by atoms with Gasteiger partial charge < -0.3 is 20.3 Å². The molecule has 0 bridgehead atoms. The summed E-state index contributed by atoms with van der Waals surface area (Å²) < 4.78 is 5.47. The zero-order chi connectivity index (χ0) is 22.6. The van der Waals surface area contributed by atoms with Gasteiger partial charge in [-0.1, -0.05) is 30.3 Å². The molecular weight excluding hydrogens is 533 g/mol. The number of nitro groups is 1. The summed E-state index contributed by atoms with van der Waals surface area (Å²) in [4.78, 5) is 17.5. The predicted molar refractivity (Wildman–Crippen MR) is 144 cm³/mol. The molecule has 2 N–H and O–H groups in total. The Kier molecular flexibility index (Phi) is 12.0. The highest BCUT2D eigenvalue weighted by Gasteiger charge is 2.15. The molecule has 1 atom stereocenters. The van der Waals surface area contributed by atoms with Crippen LogP contribution in [0.3, 0.4) is 0 Å². The summed E-state index contributed by atoms with van der Waals surface area (Å²) in [5, 5.41) is 17.7. The fourth-order valence-corrected chi connectivity index (χ4v) is 3.64. The summed E-state index contributed by atoms with van der Waals surface area (Å²) in [6.45, 7) is 7.77. The van der Waals surface area contributed by atoms with Crippen molar-refractivity contribution in [2.45, 2.75) is 26.3 Å². The SMILES string of the molecule is CCN(CCCNC(=NCc1ccc([N+](=O)[O-])cc1)NCC1CCOC1)c1ccccc1.I. The topological polar surface area (TPSA) is 92.0 Å². The minimum Gasteiger partial charge on any atom is -0.381 e. The Morgan fingerprint density at radius 2 is 1.94 bits per heavy atom. The van der Waals surface area contributed by atoms with Crippen LogP contribution in [0, 0.1) is 16.0 Å². The van der Waals surface area contributed by atoms with E-state index < -0.39 is 0 Å². The van der Waals surface area contributed by atoms with Crippen molar-refractivity contribution in [1.29, 1.82) is 0 Å². The Hall–Kier alpha value is -2.40. The summed E-state index contributed by atoms with van der Waals surface area (Å²) in [5.41, 5.74) is 2.26. The Labute approximate surface area is 213 Å². The molecule has 9 heteroatoms. The molecule has 0 saturated carbocycles. The van der Waals surface area contributed by atoms with Crippen LogP contribution in [0.15, 0.2) is 59.6 Å². The number of non-ortho nitro benzene ring substituents is 1. The standard InChI is InChI=1S/C24H33N5O3.HI/c1-2-28(22-7-4-3-5-8-22)15-6-14-25-24(27-18-21-13-16-32-19-21)26-17-20-9-11-23(12-10-20)29(30)31;/h3-5,7-12,21H,2,6,13-19H2,1H3,(H2,25,26,27);1H. The highest BCUT2D eigenvalue weighted by Crippen LogP contribution is 2.14. The van der Waals surface area contributed by atoms with Crippen LogP contribution in [-0.4, -0.2) is 50.3 Å². The van der Waals surface area contributed by atoms with Gasteiger partial charge in [0.15, 0.2) is 5.96 Å². The number of para-hydroxylation sites is 1. The van der Waals surface area contributed by atoms with E-state index in [1.54, 1.807) is 12.1 Å². The Bertz CT molecular complexity index is 858. The number of aliphatic imine (C=N–C) groups is 1. The van der Waals surface area contributed by atoms with Gasteiger partial charge in [0.05, 0.1) is 18.1 Å². The van der Waals surface area contributed by atoms with Crippen molar-refractivity contribution >= 4 is 41.3 Å². The molecule has 0 aliphatic carbocycles. The van der Waals surface area contributed by atoms with Crippen LogP contribution in [-0.2, 0) is 11.3 Å². The molecule has 3 rings (SSSR count). The van der Waals surface area contributed by atoms with Crippen molar-refractivity contribution in [2.24, 2.45) is 10.9 Å². The summed E-state index contributed by atoms with van der Waals surface area (Å²) in [5.74, 6) is 1.26. The van der Waals surface area contributed by atoms with Crippen molar-refractivity contribution in [1.82, 2.24) is 10.6 Å². The number of hydrogen-bond acceptors (Lipinski definition) is 5. The minimum absolute atomic E-state index is 0. The maximum Gasteiger partial charge on any atom is 0.269 e. The first kappa shape index (κ1) is 26.8. The van der Waals surface area contributed by atoms with Crippen molar-refractivity contribution in [3.63, 3.8) is 0 Å². The van der Waals surface area contributed by atoms with Gasteiger partial charge in [-0.05, 0) is 37.5 Å². The number of anilines is 1. The zero-order valence-corrected chi connectivity index (χ0v) is 21.4. The summed E-state index contributed by atoms with van der Waals surface area (Å²) in [7, 11) is 0. The molecule has 2 aromatic rings. The van der Waals surface area contributed by atoms with E-state index in [1.165, 1.54) is 17.8 Å². The molecule has 8 nitrogen and oxygen atoms in total. The number of rotatable bonds is 11. The third-order valence-electron chi connectivity index (χ3n) is 5.55.